The zero-order chi connectivity index (χ0) is 13.8. The molecule has 3 heterocycles. The molecule has 3 rings (SSSR count). The summed E-state index contributed by atoms with van der Waals surface area (Å²) in [5.41, 5.74) is 0.938. The molecule has 1 fully saturated rings. The molecule has 1 atom stereocenters. The van der Waals surface area contributed by atoms with Gasteiger partial charge in [-0.3, -0.25) is 4.90 Å². The van der Waals surface area contributed by atoms with Crippen LogP contribution in [-0.2, 0) is 17.8 Å². The lowest BCUT2D eigenvalue weighted by Crippen LogP contribution is -2.31. The number of aromatic nitrogens is 1. The van der Waals surface area contributed by atoms with E-state index in [1.54, 1.807) is 11.3 Å². The van der Waals surface area contributed by atoms with Crippen molar-refractivity contribution in [3.63, 3.8) is 0 Å². The Kier molecular flexibility index (Phi) is 4.50. The Morgan fingerprint density at radius 3 is 3.05 bits per heavy atom. The van der Waals surface area contributed by atoms with E-state index in [1.165, 1.54) is 11.3 Å². The van der Waals surface area contributed by atoms with Gasteiger partial charge < -0.3 is 9.26 Å². The lowest BCUT2D eigenvalue weighted by Gasteiger charge is -2.23. The Bertz CT molecular complexity index is 518. The molecule has 4 nitrogen and oxygen atoms in total. The van der Waals surface area contributed by atoms with E-state index in [0.717, 1.165) is 44.1 Å². The van der Waals surface area contributed by atoms with E-state index in [2.05, 4.69) is 27.6 Å². The molecule has 0 amide bonds. The Labute approximate surface area is 123 Å². The summed E-state index contributed by atoms with van der Waals surface area (Å²) in [6.45, 7) is 5.54. The first-order valence-corrected chi connectivity index (χ1v) is 7.96. The highest BCUT2D eigenvalue weighted by Gasteiger charge is 2.20. The van der Waals surface area contributed by atoms with Crippen molar-refractivity contribution in [2.75, 3.05) is 13.2 Å². The van der Waals surface area contributed by atoms with Crippen molar-refractivity contribution in [1.82, 2.24) is 10.1 Å². The minimum atomic E-state index is 0.360. The van der Waals surface area contributed by atoms with Crippen molar-refractivity contribution in [1.29, 1.82) is 0 Å². The Hall–Kier alpha value is -1.17. The first kappa shape index (κ1) is 13.8. The van der Waals surface area contributed by atoms with Gasteiger partial charge in [-0.05, 0) is 31.2 Å². The Morgan fingerprint density at radius 2 is 2.40 bits per heavy atom. The van der Waals surface area contributed by atoms with Crippen molar-refractivity contribution < 1.29 is 9.26 Å². The van der Waals surface area contributed by atoms with E-state index in [9.17, 15) is 0 Å². The molecule has 5 heteroatoms. The minimum absolute atomic E-state index is 0.360. The predicted octanol–water partition coefficient (Wildman–Crippen LogP) is 3.23. The second-order valence-corrected chi connectivity index (χ2v) is 6.35. The van der Waals surface area contributed by atoms with Crippen LogP contribution in [-0.4, -0.2) is 29.3 Å². The molecule has 2 aromatic heterocycles. The number of nitrogens with zero attached hydrogens (tertiary/aromatic N) is 2. The maximum absolute atomic E-state index is 5.76. The summed E-state index contributed by atoms with van der Waals surface area (Å²) >= 11 is 1.80. The van der Waals surface area contributed by atoms with Crippen LogP contribution in [0.15, 0.2) is 28.1 Å². The molecule has 1 aliphatic heterocycles. The highest BCUT2D eigenvalue weighted by Crippen LogP contribution is 2.19. The van der Waals surface area contributed by atoms with Gasteiger partial charge in [-0.25, -0.2) is 0 Å². The van der Waals surface area contributed by atoms with Crippen molar-refractivity contribution in [2.45, 2.75) is 39.0 Å². The minimum Gasteiger partial charge on any atom is -0.377 e. The third-order valence-electron chi connectivity index (χ3n) is 3.50. The highest BCUT2D eigenvalue weighted by atomic mass is 32.1. The molecule has 0 radical (unpaired) electrons. The van der Waals surface area contributed by atoms with Gasteiger partial charge in [-0.1, -0.05) is 11.2 Å². The van der Waals surface area contributed by atoms with Gasteiger partial charge >= 0.3 is 0 Å². The number of rotatable bonds is 6. The average Bonchev–Trinajstić information content (AvgIpc) is 3.13. The van der Waals surface area contributed by atoms with Crippen LogP contribution in [0.5, 0.6) is 0 Å². The zero-order valence-electron chi connectivity index (χ0n) is 11.7. The molecule has 0 bridgehead atoms. The maximum atomic E-state index is 5.76. The summed E-state index contributed by atoms with van der Waals surface area (Å²) in [4.78, 5) is 3.76. The lowest BCUT2D eigenvalue weighted by molar-refractivity contribution is 0.0650. The van der Waals surface area contributed by atoms with Crippen molar-refractivity contribution in [3.05, 3.63) is 39.9 Å². The zero-order valence-corrected chi connectivity index (χ0v) is 12.6. The summed E-state index contributed by atoms with van der Waals surface area (Å²) in [6, 6.07) is 6.29. The molecule has 1 aliphatic rings. The van der Waals surface area contributed by atoms with Crippen LogP contribution in [0.3, 0.4) is 0 Å². The number of hydrogen-bond donors (Lipinski definition) is 0. The van der Waals surface area contributed by atoms with Gasteiger partial charge in [0.05, 0.1) is 18.3 Å². The fraction of sp³-hybridized carbons (Fsp3) is 0.533. The first-order chi connectivity index (χ1) is 9.79. The van der Waals surface area contributed by atoms with Gasteiger partial charge in [0, 0.05) is 30.6 Å². The third kappa shape index (κ3) is 3.69. The van der Waals surface area contributed by atoms with E-state index in [1.807, 2.05) is 13.0 Å². The molecule has 0 N–H and O–H groups in total. The van der Waals surface area contributed by atoms with Crippen LogP contribution in [0.2, 0.25) is 0 Å². The van der Waals surface area contributed by atoms with Crippen molar-refractivity contribution in [2.24, 2.45) is 0 Å². The summed E-state index contributed by atoms with van der Waals surface area (Å²) in [5.74, 6) is 0.928. The monoisotopic (exact) mass is 292 g/mol. The second kappa shape index (κ2) is 6.52. The molecule has 1 saturated heterocycles. The molecular formula is C15H20N2O2S. The summed E-state index contributed by atoms with van der Waals surface area (Å²) in [7, 11) is 0. The van der Waals surface area contributed by atoms with Crippen molar-refractivity contribution in [3.8, 4) is 0 Å². The fourth-order valence-electron chi connectivity index (χ4n) is 2.60. The number of aryl methyl sites for hydroxylation is 1. The molecule has 0 spiro atoms. The smallest absolute Gasteiger partial charge is 0.150 e. The third-order valence-corrected chi connectivity index (χ3v) is 4.36. The number of hydrogen-bond acceptors (Lipinski definition) is 5. The highest BCUT2D eigenvalue weighted by molar-refractivity contribution is 7.09. The first-order valence-electron chi connectivity index (χ1n) is 7.08. The largest absolute Gasteiger partial charge is 0.377 e. The molecule has 0 aliphatic carbocycles. The van der Waals surface area contributed by atoms with Crippen LogP contribution in [0.4, 0.5) is 0 Å². The fourth-order valence-corrected chi connectivity index (χ4v) is 3.34. The van der Waals surface area contributed by atoms with Gasteiger partial charge in [0.25, 0.3) is 0 Å². The lowest BCUT2D eigenvalue weighted by atomic mass is 10.2. The van der Waals surface area contributed by atoms with Gasteiger partial charge in [0.15, 0.2) is 5.76 Å². The van der Waals surface area contributed by atoms with E-state index in [0.29, 0.717) is 6.10 Å². The van der Waals surface area contributed by atoms with Gasteiger partial charge in [-0.2, -0.15) is 0 Å². The van der Waals surface area contributed by atoms with Crippen molar-refractivity contribution >= 4 is 11.3 Å². The summed E-state index contributed by atoms with van der Waals surface area (Å²) in [5, 5.41) is 6.09. The Balaban J connectivity index is 1.65. The quantitative estimate of drug-likeness (QED) is 0.819. The number of ether oxygens (including phenoxy) is 1. The van der Waals surface area contributed by atoms with Gasteiger partial charge in [0.1, 0.15) is 0 Å². The second-order valence-electron chi connectivity index (χ2n) is 5.32. The van der Waals surface area contributed by atoms with E-state index >= 15 is 0 Å². The van der Waals surface area contributed by atoms with E-state index < -0.39 is 0 Å². The molecule has 0 saturated carbocycles. The Morgan fingerprint density at radius 1 is 1.45 bits per heavy atom. The summed E-state index contributed by atoms with van der Waals surface area (Å²) < 4.78 is 11.1. The molecule has 2 aromatic rings. The predicted molar refractivity (Wildman–Crippen MR) is 78.6 cm³/mol. The van der Waals surface area contributed by atoms with E-state index in [-0.39, 0.29) is 0 Å². The normalized spacial score (nSPS) is 19.0. The summed E-state index contributed by atoms with van der Waals surface area (Å²) in [6.07, 6.45) is 2.70. The maximum Gasteiger partial charge on any atom is 0.150 e. The SMILES string of the molecule is Cc1cc(CN(Cc2cccs2)C[C@H]2CCCO2)on1. The molecule has 0 aromatic carbocycles. The van der Waals surface area contributed by atoms with E-state index in [4.69, 9.17) is 9.26 Å². The van der Waals surface area contributed by atoms with Gasteiger partial charge in [0.2, 0.25) is 0 Å². The molecule has 0 unspecified atom stereocenters. The number of thiophene rings is 1. The van der Waals surface area contributed by atoms with Gasteiger partial charge in [-0.15, -0.1) is 11.3 Å². The van der Waals surface area contributed by atoms with Crippen LogP contribution < -0.4 is 0 Å². The topological polar surface area (TPSA) is 38.5 Å². The molecule has 20 heavy (non-hydrogen) atoms. The van der Waals surface area contributed by atoms with Crippen LogP contribution in [0, 0.1) is 6.92 Å². The molecular weight excluding hydrogens is 272 g/mol. The standard InChI is InChI=1S/C15H20N2O2S/c1-12-8-14(19-16-12)10-17(9-13-4-2-6-18-13)11-15-5-3-7-20-15/h3,5,7-8,13H,2,4,6,9-11H2,1H3/t13-/m1/s1. The van der Waals surface area contributed by atoms with Crippen LogP contribution >= 0.6 is 11.3 Å². The van der Waals surface area contributed by atoms with Crippen LogP contribution in [0.1, 0.15) is 29.2 Å². The average molecular weight is 292 g/mol. The molecule has 108 valence electrons. The van der Waals surface area contributed by atoms with Crippen LogP contribution in [0.25, 0.3) is 0 Å².